The Morgan fingerprint density at radius 1 is 1.06 bits per heavy atom. The van der Waals surface area contributed by atoms with Crippen LogP contribution in [0.3, 0.4) is 0 Å². The molecular formula is C24H32N4O3. The average molecular weight is 425 g/mol. The molecule has 2 aliphatic rings. The van der Waals surface area contributed by atoms with Crippen molar-refractivity contribution in [1.82, 2.24) is 20.5 Å². The quantitative estimate of drug-likeness (QED) is 0.641. The summed E-state index contributed by atoms with van der Waals surface area (Å²) in [6, 6.07) is 7.54. The summed E-state index contributed by atoms with van der Waals surface area (Å²) in [4.78, 5) is 27.4. The van der Waals surface area contributed by atoms with E-state index in [2.05, 4.69) is 20.5 Å². The largest absolute Gasteiger partial charge is 0.493 e. The summed E-state index contributed by atoms with van der Waals surface area (Å²) in [5.74, 6) is 2.39. The number of nitrogens with zero attached hydrogens (tertiary/aromatic N) is 2. The fourth-order valence-corrected chi connectivity index (χ4v) is 4.23. The summed E-state index contributed by atoms with van der Waals surface area (Å²) in [7, 11) is 0. The molecule has 1 aromatic heterocycles. The smallest absolute Gasteiger partial charge is 0.273 e. The van der Waals surface area contributed by atoms with E-state index in [1.807, 2.05) is 24.3 Å². The summed E-state index contributed by atoms with van der Waals surface area (Å²) < 4.78 is 5.87. The number of H-pyrrole nitrogens is 1. The molecule has 166 valence electrons. The summed E-state index contributed by atoms with van der Waals surface area (Å²) in [5, 5.41) is 11.3. The summed E-state index contributed by atoms with van der Waals surface area (Å²) in [5.41, 5.74) is 0.743. The number of amides is 1. The van der Waals surface area contributed by atoms with Crippen molar-refractivity contribution in [3.63, 3.8) is 0 Å². The molecule has 7 nitrogen and oxygen atoms in total. The Kier molecular flexibility index (Phi) is 7.33. The van der Waals surface area contributed by atoms with E-state index in [1.165, 1.54) is 51.4 Å². The lowest BCUT2D eigenvalue weighted by Gasteiger charge is -2.25. The molecule has 2 aliphatic carbocycles. The van der Waals surface area contributed by atoms with Gasteiger partial charge in [-0.1, -0.05) is 37.8 Å². The topological polar surface area (TPSA) is 97.0 Å². The first-order valence-corrected chi connectivity index (χ1v) is 11.6. The van der Waals surface area contributed by atoms with Gasteiger partial charge >= 0.3 is 0 Å². The first-order chi connectivity index (χ1) is 15.2. The number of aryl methyl sites for hydroxylation is 1. The predicted octanol–water partition coefficient (Wildman–Crippen LogP) is 3.64. The number of aromatic amines is 1. The molecule has 0 aliphatic heterocycles. The molecule has 2 aromatic rings. The van der Waals surface area contributed by atoms with Crippen molar-refractivity contribution in [2.75, 3.05) is 13.2 Å². The molecular weight excluding hydrogens is 392 g/mol. The highest BCUT2D eigenvalue weighted by Crippen LogP contribution is 2.28. The van der Waals surface area contributed by atoms with Crippen molar-refractivity contribution in [3.8, 4) is 17.1 Å². The van der Waals surface area contributed by atoms with Gasteiger partial charge in [0.25, 0.3) is 5.56 Å². The lowest BCUT2D eigenvalue weighted by atomic mass is 9.86. The van der Waals surface area contributed by atoms with Crippen LogP contribution in [-0.2, 0) is 11.2 Å². The third-order valence-corrected chi connectivity index (χ3v) is 6.48. The van der Waals surface area contributed by atoms with Gasteiger partial charge in [0.2, 0.25) is 5.91 Å². The van der Waals surface area contributed by atoms with Gasteiger partial charge in [-0.25, -0.2) is 0 Å². The van der Waals surface area contributed by atoms with Crippen LogP contribution in [0.25, 0.3) is 11.4 Å². The van der Waals surface area contributed by atoms with E-state index in [1.54, 1.807) is 0 Å². The third kappa shape index (κ3) is 6.15. The van der Waals surface area contributed by atoms with Crippen LogP contribution in [0.1, 0.15) is 63.5 Å². The Balaban J connectivity index is 1.29. The molecule has 2 fully saturated rings. The van der Waals surface area contributed by atoms with E-state index in [9.17, 15) is 9.59 Å². The number of carbonyl (C=O) groups is 1. The van der Waals surface area contributed by atoms with E-state index in [0.717, 1.165) is 24.5 Å². The number of carbonyl (C=O) groups excluding carboxylic acids is 1. The van der Waals surface area contributed by atoms with E-state index in [0.29, 0.717) is 17.7 Å². The highest BCUT2D eigenvalue weighted by atomic mass is 16.5. The van der Waals surface area contributed by atoms with Crippen LogP contribution in [0.5, 0.6) is 5.75 Å². The zero-order chi connectivity index (χ0) is 21.5. The Morgan fingerprint density at radius 2 is 1.87 bits per heavy atom. The maximum Gasteiger partial charge on any atom is 0.273 e. The fourth-order valence-electron chi connectivity index (χ4n) is 4.23. The number of hydrogen-bond donors (Lipinski definition) is 2. The van der Waals surface area contributed by atoms with Crippen LogP contribution in [0, 0.1) is 11.8 Å². The van der Waals surface area contributed by atoms with E-state index in [-0.39, 0.29) is 30.0 Å². The monoisotopic (exact) mass is 424 g/mol. The van der Waals surface area contributed by atoms with Gasteiger partial charge in [0, 0.05) is 24.9 Å². The van der Waals surface area contributed by atoms with Crippen molar-refractivity contribution in [1.29, 1.82) is 0 Å². The molecule has 2 saturated carbocycles. The SMILES string of the molecule is O=C(CCc1nnc(-c2cccc(OCC3CCC3)c2)[nH]c1=O)NCC1CCCCC1. The second-order valence-corrected chi connectivity index (χ2v) is 8.89. The van der Waals surface area contributed by atoms with Gasteiger partial charge in [-0.2, -0.15) is 0 Å². The second kappa shape index (κ2) is 10.6. The Morgan fingerprint density at radius 3 is 2.61 bits per heavy atom. The molecule has 0 saturated heterocycles. The molecule has 1 aromatic carbocycles. The summed E-state index contributed by atoms with van der Waals surface area (Å²) in [6.07, 6.45) is 10.5. The molecule has 0 unspecified atom stereocenters. The molecule has 0 bridgehead atoms. The minimum absolute atomic E-state index is 0.0350. The zero-order valence-electron chi connectivity index (χ0n) is 18.1. The van der Waals surface area contributed by atoms with Gasteiger partial charge in [-0.3, -0.25) is 9.59 Å². The third-order valence-electron chi connectivity index (χ3n) is 6.48. The minimum Gasteiger partial charge on any atom is -0.493 e. The number of nitrogens with one attached hydrogen (secondary N) is 2. The standard InChI is InChI=1S/C24H32N4O3/c29-22(25-15-17-6-2-1-3-7-17)13-12-21-24(30)26-23(28-27-21)19-10-5-11-20(14-19)31-16-18-8-4-9-18/h5,10-11,14,17-18H,1-4,6-9,12-13,15-16H2,(H,25,29)(H,26,28,30). The molecule has 0 radical (unpaired) electrons. The van der Waals surface area contributed by atoms with Crippen LogP contribution in [0.4, 0.5) is 0 Å². The van der Waals surface area contributed by atoms with Crippen molar-refractivity contribution < 1.29 is 9.53 Å². The van der Waals surface area contributed by atoms with Crippen LogP contribution < -0.4 is 15.6 Å². The number of hydrogen-bond acceptors (Lipinski definition) is 5. The zero-order valence-corrected chi connectivity index (χ0v) is 18.1. The van der Waals surface area contributed by atoms with E-state index >= 15 is 0 Å². The van der Waals surface area contributed by atoms with Gasteiger partial charge in [0.1, 0.15) is 11.4 Å². The highest BCUT2D eigenvalue weighted by Gasteiger charge is 2.18. The number of aromatic nitrogens is 3. The lowest BCUT2D eigenvalue weighted by Crippen LogP contribution is -2.31. The number of rotatable bonds is 9. The Hall–Kier alpha value is -2.70. The molecule has 7 heteroatoms. The fraction of sp³-hybridized carbons (Fsp3) is 0.583. The van der Waals surface area contributed by atoms with Crippen molar-refractivity contribution in [2.24, 2.45) is 11.8 Å². The molecule has 4 rings (SSSR count). The highest BCUT2D eigenvalue weighted by molar-refractivity contribution is 5.76. The Bertz CT molecular complexity index is 932. The van der Waals surface area contributed by atoms with Crippen LogP contribution in [0.2, 0.25) is 0 Å². The van der Waals surface area contributed by atoms with E-state index < -0.39 is 0 Å². The number of benzene rings is 1. The van der Waals surface area contributed by atoms with Crippen LogP contribution in [0.15, 0.2) is 29.1 Å². The molecule has 0 atom stereocenters. The van der Waals surface area contributed by atoms with Gasteiger partial charge in [-0.15, -0.1) is 10.2 Å². The molecule has 2 N–H and O–H groups in total. The average Bonchev–Trinajstić information content (AvgIpc) is 2.77. The van der Waals surface area contributed by atoms with Gasteiger partial charge in [0.15, 0.2) is 5.82 Å². The van der Waals surface area contributed by atoms with E-state index in [4.69, 9.17) is 4.74 Å². The maximum atomic E-state index is 12.5. The van der Waals surface area contributed by atoms with Crippen LogP contribution >= 0.6 is 0 Å². The first-order valence-electron chi connectivity index (χ1n) is 11.6. The van der Waals surface area contributed by atoms with Crippen molar-refractivity contribution in [2.45, 2.75) is 64.2 Å². The van der Waals surface area contributed by atoms with Gasteiger partial charge in [0.05, 0.1) is 6.61 Å². The summed E-state index contributed by atoms with van der Waals surface area (Å²) in [6.45, 7) is 1.46. The molecule has 1 amide bonds. The lowest BCUT2D eigenvalue weighted by molar-refractivity contribution is -0.121. The van der Waals surface area contributed by atoms with Crippen LogP contribution in [-0.4, -0.2) is 34.2 Å². The van der Waals surface area contributed by atoms with Crippen molar-refractivity contribution in [3.05, 3.63) is 40.3 Å². The number of ether oxygens (including phenoxy) is 1. The van der Waals surface area contributed by atoms with Gasteiger partial charge in [-0.05, 0) is 49.7 Å². The first kappa shape index (κ1) is 21.5. The molecule has 1 heterocycles. The molecule has 31 heavy (non-hydrogen) atoms. The second-order valence-electron chi connectivity index (χ2n) is 8.89. The van der Waals surface area contributed by atoms with Gasteiger partial charge < -0.3 is 15.0 Å². The predicted molar refractivity (Wildman–Crippen MR) is 119 cm³/mol. The normalized spacial score (nSPS) is 17.2. The maximum absolute atomic E-state index is 12.5. The minimum atomic E-state index is -0.300. The summed E-state index contributed by atoms with van der Waals surface area (Å²) >= 11 is 0. The Labute approximate surface area is 183 Å². The molecule has 0 spiro atoms. The van der Waals surface area contributed by atoms with Crippen molar-refractivity contribution >= 4 is 5.91 Å².